The van der Waals surface area contributed by atoms with E-state index in [0.717, 1.165) is 5.56 Å². The minimum absolute atomic E-state index is 0.148. The van der Waals surface area contributed by atoms with Crippen molar-refractivity contribution in [2.45, 2.75) is 6.54 Å². The Morgan fingerprint density at radius 1 is 1.14 bits per heavy atom. The van der Waals surface area contributed by atoms with Gasteiger partial charge in [0, 0.05) is 18.2 Å². The first-order valence-electron chi connectivity index (χ1n) is 6.12. The summed E-state index contributed by atoms with van der Waals surface area (Å²) in [7, 11) is 4.63. The molecule has 0 saturated carbocycles. The molecule has 8 heteroatoms. The highest BCUT2D eigenvalue weighted by molar-refractivity contribution is 5.90. The van der Waals surface area contributed by atoms with Crippen LogP contribution in [0.3, 0.4) is 0 Å². The van der Waals surface area contributed by atoms with Gasteiger partial charge in [0.15, 0.2) is 11.5 Å². The Balaban J connectivity index is 2.17. The molecule has 21 heavy (non-hydrogen) atoms. The first-order valence-corrected chi connectivity index (χ1v) is 6.12. The Morgan fingerprint density at radius 2 is 1.81 bits per heavy atom. The summed E-state index contributed by atoms with van der Waals surface area (Å²) < 4.78 is 15.7. The number of hydrogen-bond donors (Lipinski definition) is 2. The predicted octanol–water partition coefficient (Wildman–Crippen LogP) is 0.760. The van der Waals surface area contributed by atoms with Gasteiger partial charge in [0.05, 0.1) is 21.3 Å². The molecule has 0 fully saturated rings. The van der Waals surface area contributed by atoms with Crippen LogP contribution in [0.15, 0.2) is 18.5 Å². The molecule has 1 aromatic heterocycles. The van der Waals surface area contributed by atoms with E-state index in [-0.39, 0.29) is 18.3 Å². The summed E-state index contributed by atoms with van der Waals surface area (Å²) in [6.45, 7) is 0.253. The first-order chi connectivity index (χ1) is 10.2. The summed E-state index contributed by atoms with van der Waals surface area (Å²) in [6, 6.07) is 3.45. The van der Waals surface area contributed by atoms with Gasteiger partial charge in [0.1, 0.15) is 12.1 Å². The Labute approximate surface area is 121 Å². The summed E-state index contributed by atoms with van der Waals surface area (Å²) in [5.74, 6) is 1.49. The van der Waals surface area contributed by atoms with Crippen molar-refractivity contribution in [3.63, 3.8) is 0 Å². The van der Waals surface area contributed by atoms with Crippen molar-refractivity contribution in [2.75, 3.05) is 21.3 Å². The smallest absolute Gasteiger partial charge is 0.288 e. The molecule has 1 heterocycles. The lowest BCUT2D eigenvalue weighted by atomic mass is 10.1. The van der Waals surface area contributed by atoms with Gasteiger partial charge in [0.2, 0.25) is 5.82 Å². The molecule has 0 atom stereocenters. The first kappa shape index (κ1) is 14.6. The minimum atomic E-state index is -0.357. The average Bonchev–Trinajstić information content (AvgIpc) is 3.06. The predicted molar refractivity (Wildman–Crippen MR) is 73.7 cm³/mol. The third-order valence-corrected chi connectivity index (χ3v) is 2.86. The quantitative estimate of drug-likeness (QED) is 0.815. The number of amides is 1. The SMILES string of the molecule is COc1cc(OC)c(OC)cc1CNC(=O)c1ncn[nH]1. The maximum Gasteiger partial charge on any atom is 0.288 e. The van der Waals surface area contributed by atoms with Crippen molar-refractivity contribution < 1.29 is 19.0 Å². The molecule has 112 valence electrons. The van der Waals surface area contributed by atoms with Crippen LogP contribution in [-0.2, 0) is 6.54 Å². The number of rotatable bonds is 6. The van der Waals surface area contributed by atoms with Crippen LogP contribution < -0.4 is 19.5 Å². The number of ether oxygens (including phenoxy) is 3. The maximum atomic E-state index is 11.8. The number of H-pyrrole nitrogens is 1. The molecule has 2 rings (SSSR count). The topological polar surface area (TPSA) is 98.4 Å². The van der Waals surface area contributed by atoms with Crippen LogP contribution in [0.5, 0.6) is 17.2 Å². The monoisotopic (exact) mass is 292 g/mol. The highest BCUT2D eigenvalue weighted by Crippen LogP contribution is 2.34. The van der Waals surface area contributed by atoms with Gasteiger partial charge >= 0.3 is 0 Å². The minimum Gasteiger partial charge on any atom is -0.496 e. The molecule has 0 spiro atoms. The van der Waals surface area contributed by atoms with Gasteiger partial charge in [-0.25, -0.2) is 4.98 Å². The summed E-state index contributed by atoms with van der Waals surface area (Å²) in [5.41, 5.74) is 0.753. The van der Waals surface area contributed by atoms with Crippen molar-refractivity contribution in [1.82, 2.24) is 20.5 Å². The van der Waals surface area contributed by atoms with Crippen LogP contribution in [-0.4, -0.2) is 42.4 Å². The molecule has 8 nitrogen and oxygen atoms in total. The summed E-state index contributed by atoms with van der Waals surface area (Å²) in [6.07, 6.45) is 1.27. The molecular weight excluding hydrogens is 276 g/mol. The highest BCUT2D eigenvalue weighted by Gasteiger charge is 2.14. The van der Waals surface area contributed by atoms with Gasteiger partial charge < -0.3 is 19.5 Å². The highest BCUT2D eigenvalue weighted by atomic mass is 16.5. The van der Waals surface area contributed by atoms with Crippen LogP contribution in [0.25, 0.3) is 0 Å². The number of carbonyl (C=O) groups excluding carboxylic acids is 1. The van der Waals surface area contributed by atoms with E-state index < -0.39 is 0 Å². The van der Waals surface area contributed by atoms with E-state index in [0.29, 0.717) is 17.2 Å². The van der Waals surface area contributed by atoms with Crippen LogP contribution in [0.2, 0.25) is 0 Å². The Kier molecular flexibility index (Phi) is 4.60. The molecule has 2 aromatic rings. The molecule has 1 amide bonds. The number of nitrogens with zero attached hydrogens (tertiary/aromatic N) is 2. The van der Waals surface area contributed by atoms with Crippen molar-refractivity contribution in [3.8, 4) is 17.2 Å². The molecule has 0 aliphatic carbocycles. The van der Waals surface area contributed by atoms with Crippen LogP contribution >= 0.6 is 0 Å². The van der Waals surface area contributed by atoms with Crippen molar-refractivity contribution >= 4 is 5.91 Å². The number of carbonyl (C=O) groups is 1. The summed E-state index contributed by atoms with van der Waals surface area (Å²) in [4.78, 5) is 15.6. The number of benzene rings is 1. The van der Waals surface area contributed by atoms with E-state index in [1.54, 1.807) is 33.5 Å². The number of methoxy groups -OCH3 is 3. The van der Waals surface area contributed by atoms with E-state index in [9.17, 15) is 4.79 Å². The van der Waals surface area contributed by atoms with Crippen molar-refractivity contribution in [1.29, 1.82) is 0 Å². The molecule has 0 aliphatic rings. The van der Waals surface area contributed by atoms with E-state index in [4.69, 9.17) is 14.2 Å². The second kappa shape index (κ2) is 6.60. The summed E-state index contributed by atoms with van der Waals surface area (Å²) >= 11 is 0. The molecule has 0 saturated heterocycles. The maximum absolute atomic E-state index is 11.8. The zero-order valence-corrected chi connectivity index (χ0v) is 12.0. The molecule has 0 radical (unpaired) electrons. The van der Waals surface area contributed by atoms with E-state index in [2.05, 4.69) is 20.5 Å². The third kappa shape index (κ3) is 3.22. The van der Waals surface area contributed by atoms with Crippen molar-refractivity contribution in [2.24, 2.45) is 0 Å². The van der Waals surface area contributed by atoms with Gasteiger partial charge in [-0.3, -0.25) is 9.89 Å². The number of hydrogen-bond acceptors (Lipinski definition) is 6. The Bertz CT molecular complexity index is 613. The van der Waals surface area contributed by atoms with E-state index in [1.807, 2.05) is 0 Å². The second-order valence-electron chi connectivity index (χ2n) is 4.04. The normalized spacial score (nSPS) is 10.0. The molecule has 0 bridgehead atoms. The van der Waals surface area contributed by atoms with Crippen LogP contribution in [0.4, 0.5) is 0 Å². The summed E-state index contributed by atoms with van der Waals surface area (Å²) in [5, 5.41) is 8.83. The van der Waals surface area contributed by atoms with E-state index in [1.165, 1.54) is 6.33 Å². The lowest BCUT2D eigenvalue weighted by Gasteiger charge is -2.14. The molecule has 0 unspecified atom stereocenters. The molecule has 0 aliphatic heterocycles. The standard InChI is InChI=1S/C13H16N4O4/c1-19-9-5-11(21-3)10(20-2)4-8(9)6-14-13(18)12-15-7-16-17-12/h4-5,7H,6H2,1-3H3,(H,14,18)(H,15,16,17). The molecule has 1 aromatic carbocycles. The van der Waals surface area contributed by atoms with Gasteiger partial charge in [-0.2, -0.15) is 5.10 Å². The molecular formula is C13H16N4O4. The van der Waals surface area contributed by atoms with Gasteiger partial charge in [0.25, 0.3) is 5.91 Å². The van der Waals surface area contributed by atoms with Crippen LogP contribution in [0.1, 0.15) is 16.2 Å². The van der Waals surface area contributed by atoms with E-state index >= 15 is 0 Å². The average molecular weight is 292 g/mol. The lowest BCUT2D eigenvalue weighted by Crippen LogP contribution is -2.24. The Morgan fingerprint density at radius 3 is 2.38 bits per heavy atom. The van der Waals surface area contributed by atoms with Crippen LogP contribution in [0, 0.1) is 0 Å². The number of aromatic nitrogens is 3. The zero-order valence-electron chi connectivity index (χ0n) is 12.0. The molecule has 2 N–H and O–H groups in total. The largest absolute Gasteiger partial charge is 0.496 e. The van der Waals surface area contributed by atoms with Gasteiger partial charge in [-0.15, -0.1) is 0 Å². The Hall–Kier alpha value is -2.77. The van der Waals surface area contributed by atoms with Crippen molar-refractivity contribution in [3.05, 3.63) is 29.8 Å². The third-order valence-electron chi connectivity index (χ3n) is 2.86. The fourth-order valence-corrected chi connectivity index (χ4v) is 1.80. The number of aromatic amines is 1. The van der Waals surface area contributed by atoms with Gasteiger partial charge in [-0.05, 0) is 6.07 Å². The zero-order chi connectivity index (χ0) is 15.2. The van der Waals surface area contributed by atoms with Gasteiger partial charge in [-0.1, -0.05) is 0 Å². The fourth-order valence-electron chi connectivity index (χ4n) is 1.80. The second-order valence-corrected chi connectivity index (χ2v) is 4.04. The fraction of sp³-hybridized carbons (Fsp3) is 0.308. The number of nitrogens with one attached hydrogen (secondary N) is 2. The lowest BCUT2D eigenvalue weighted by molar-refractivity contribution is 0.0940.